The first-order valence-corrected chi connectivity index (χ1v) is 12.6. The van der Waals surface area contributed by atoms with Crippen molar-refractivity contribution in [2.24, 2.45) is 5.41 Å². The number of hydrogen-bond acceptors (Lipinski definition) is 5. The van der Waals surface area contributed by atoms with Gasteiger partial charge in [-0.05, 0) is 55.4 Å². The third-order valence-electron chi connectivity index (χ3n) is 7.65. The Labute approximate surface area is 208 Å². The summed E-state index contributed by atoms with van der Waals surface area (Å²) in [6, 6.07) is 4.03. The van der Waals surface area contributed by atoms with Gasteiger partial charge in [-0.1, -0.05) is 26.8 Å². The van der Waals surface area contributed by atoms with Crippen LogP contribution in [0, 0.1) is 11.2 Å². The van der Waals surface area contributed by atoms with Gasteiger partial charge in [0.25, 0.3) is 17.4 Å². The second kappa shape index (κ2) is 8.94. The first-order chi connectivity index (χ1) is 17.0. The molecule has 1 aromatic heterocycles. The summed E-state index contributed by atoms with van der Waals surface area (Å²) in [4.78, 5) is 53.9. The average molecular weight is 495 g/mol. The molecule has 1 N–H and O–H groups in total. The van der Waals surface area contributed by atoms with E-state index in [1.165, 1.54) is 6.07 Å². The number of ketones is 1. The maximum Gasteiger partial charge on any atom is 0.290 e. The number of aromatic nitrogens is 2. The average Bonchev–Trinajstić information content (AvgIpc) is 3.46. The molecular formula is C27H31FN4O4. The zero-order valence-electron chi connectivity index (χ0n) is 20.9. The predicted octanol–water partition coefficient (Wildman–Crippen LogP) is 2.42. The molecule has 0 radical (unpaired) electrons. The Kier molecular flexibility index (Phi) is 6.04. The number of benzene rings is 1. The van der Waals surface area contributed by atoms with E-state index >= 15 is 0 Å². The summed E-state index contributed by atoms with van der Waals surface area (Å²) < 4.78 is 14.8. The molecule has 1 aromatic carbocycles. The topological polar surface area (TPSA) is 103 Å². The predicted molar refractivity (Wildman–Crippen MR) is 130 cm³/mol. The molecule has 1 aliphatic carbocycles. The van der Waals surface area contributed by atoms with Crippen molar-refractivity contribution >= 4 is 17.6 Å². The zero-order valence-corrected chi connectivity index (χ0v) is 20.9. The summed E-state index contributed by atoms with van der Waals surface area (Å²) in [5.41, 5.74) is 2.32. The van der Waals surface area contributed by atoms with Gasteiger partial charge in [-0.3, -0.25) is 19.2 Å². The van der Waals surface area contributed by atoms with Crippen molar-refractivity contribution < 1.29 is 18.8 Å². The fraction of sp³-hybridized carbons (Fsp3) is 0.519. The lowest BCUT2D eigenvalue weighted by molar-refractivity contribution is -0.150. The number of aromatic amines is 1. The Morgan fingerprint density at radius 2 is 1.72 bits per heavy atom. The van der Waals surface area contributed by atoms with Crippen LogP contribution in [0.3, 0.4) is 0 Å². The lowest BCUT2D eigenvalue weighted by Crippen LogP contribution is -2.53. The fourth-order valence-corrected chi connectivity index (χ4v) is 5.68. The molecule has 2 amide bonds. The van der Waals surface area contributed by atoms with Crippen LogP contribution in [0.5, 0.6) is 0 Å². The second-order valence-electron chi connectivity index (χ2n) is 11.2. The van der Waals surface area contributed by atoms with Crippen molar-refractivity contribution in [3.05, 3.63) is 62.3 Å². The smallest absolute Gasteiger partial charge is 0.290 e. The first-order valence-electron chi connectivity index (χ1n) is 12.6. The molecule has 36 heavy (non-hydrogen) atoms. The molecule has 0 unspecified atom stereocenters. The van der Waals surface area contributed by atoms with E-state index in [1.54, 1.807) is 42.7 Å². The molecule has 8 nitrogen and oxygen atoms in total. The highest BCUT2D eigenvalue weighted by atomic mass is 19.1. The molecule has 2 saturated heterocycles. The molecule has 3 heterocycles. The Morgan fingerprint density at radius 3 is 2.39 bits per heavy atom. The van der Waals surface area contributed by atoms with Gasteiger partial charge in [0, 0.05) is 30.5 Å². The number of hydrogen-bond donors (Lipinski definition) is 1. The highest BCUT2D eigenvalue weighted by molar-refractivity contribution is 6.38. The summed E-state index contributed by atoms with van der Waals surface area (Å²) >= 11 is 0. The van der Waals surface area contributed by atoms with Crippen LogP contribution >= 0.6 is 0 Å². The van der Waals surface area contributed by atoms with Gasteiger partial charge in [-0.25, -0.2) is 9.49 Å². The number of fused-ring (bicyclic) bond motifs is 3. The van der Waals surface area contributed by atoms with Crippen molar-refractivity contribution in [3.8, 4) is 0 Å². The molecule has 9 heteroatoms. The van der Waals surface area contributed by atoms with E-state index in [0.29, 0.717) is 12.8 Å². The van der Waals surface area contributed by atoms with E-state index in [1.807, 2.05) is 0 Å². The van der Waals surface area contributed by atoms with Gasteiger partial charge in [0.05, 0.1) is 23.3 Å². The molecule has 2 bridgehead atoms. The van der Waals surface area contributed by atoms with Crippen molar-refractivity contribution in [2.45, 2.75) is 71.4 Å². The molecule has 2 aliphatic heterocycles. The number of rotatable bonds is 4. The number of nitrogens with one attached hydrogen (secondary N) is 1. The van der Waals surface area contributed by atoms with Crippen LogP contribution in [0.15, 0.2) is 23.0 Å². The van der Waals surface area contributed by atoms with Crippen LogP contribution in [-0.2, 0) is 28.9 Å². The quantitative estimate of drug-likeness (QED) is 0.658. The first kappa shape index (κ1) is 24.3. The van der Waals surface area contributed by atoms with Crippen LogP contribution < -0.4 is 5.56 Å². The molecule has 2 fully saturated rings. The van der Waals surface area contributed by atoms with Gasteiger partial charge < -0.3 is 9.80 Å². The number of piperazine rings is 1. The number of nitrogens with zero attached hydrogens (tertiary/aromatic N) is 3. The standard InChI is InChI=1S/C27H31FN4O4/c1-27(2,3)23(33)26(36)32-14-16-12-17(32)13-31(16)25(35)20-10-15(8-9-21(20)28)11-22-18-6-4-5-7-19(18)24(34)30-29-22/h8-10,16-17H,4-7,11-14H2,1-3H3,(H,30,34)/t16-,17+/m0/s1. The van der Waals surface area contributed by atoms with Crippen LogP contribution in [0.2, 0.25) is 0 Å². The largest absolute Gasteiger partial charge is 0.332 e. The number of likely N-dealkylation sites (tertiary alicyclic amines) is 2. The Morgan fingerprint density at radius 1 is 1.06 bits per heavy atom. The number of carbonyl (C=O) groups excluding carboxylic acids is 3. The zero-order chi connectivity index (χ0) is 25.8. The number of H-pyrrole nitrogens is 1. The fourth-order valence-electron chi connectivity index (χ4n) is 5.68. The molecule has 0 spiro atoms. The van der Waals surface area contributed by atoms with Gasteiger partial charge in [0.15, 0.2) is 0 Å². The van der Waals surface area contributed by atoms with Crippen LogP contribution in [0.4, 0.5) is 4.39 Å². The third kappa shape index (κ3) is 4.24. The molecular weight excluding hydrogens is 463 g/mol. The molecule has 2 atom stereocenters. The lowest BCUT2D eigenvalue weighted by atomic mass is 9.90. The van der Waals surface area contributed by atoms with Gasteiger partial charge in [-0.2, -0.15) is 5.10 Å². The van der Waals surface area contributed by atoms with Gasteiger partial charge >= 0.3 is 0 Å². The van der Waals surface area contributed by atoms with Crippen LogP contribution in [0.25, 0.3) is 0 Å². The number of carbonyl (C=O) groups is 3. The van der Waals surface area contributed by atoms with E-state index in [2.05, 4.69) is 10.2 Å². The maximum absolute atomic E-state index is 14.8. The highest BCUT2D eigenvalue weighted by Gasteiger charge is 2.49. The van der Waals surface area contributed by atoms with E-state index in [0.717, 1.165) is 48.1 Å². The molecule has 0 saturated carbocycles. The van der Waals surface area contributed by atoms with Crippen molar-refractivity contribution in [1.82, 2.24) is 20.0 Å². The van der Waals surface area contributed by atoms with Crippen molar-refractivity contribution in [3.63, 3.8) is 0 Å². The van der Waals surface area contributed by atoms with Crippen molar-refractivity contribution in [2.75, 3.05) is 13.1 Å². The number of Topliss-reactive ketones (excluding diaryl/α,β-unsaturated/α-hetero) is 1. The van der Waals surface area contributed by atoms with E-state index in [4.69, 9.17) is 0 Å². The Bertz CT molecular complexity index is 1310. The summed E-state index contributed by atoms with van der Waals surface area (Å²) in [6.45, 7) is 5.71. The molecule has 3 aliphatic rings. The molecule has 190 valence electrons. The van der Waals surface area contributed by atoms with Crippen LogP contribution in [-0.4, -0.2) is 62.8 Å². The number of amides is 2. The van der Waals surface area contributed by atoms with Gasteiger partial charge in [-0.15, -0.1) is 0 Å². The molecule has 5 rings (SSSR count). The Hall–Kier alpha value is -3.36. The second-order valence-corrected chi connectivity index (χ2v) is 11.2. The third-order valence-corrected chi connectivity index (χ3v) is 7.65. The maximum atomic E-state index is 14.8. The SMILES string of the molecule is CC(C)(C)C(=O)C(=O)N1C[C@@H]2C[C@@H]1CN2C(=O)c1cc(Cc2n[nH]c(=O)c3c2CCCC3)ccc1F. The summed E-state index contributed by atoms with van der Waals surface area (Å²) in [6.07, 6.45) is 4.47. The van der Waals surface area contributed by atoms with Gasteiger partial charge in [0.1, 0.15) is 5.82 Å². The van der Waals surface area contributed by atoms with Crippen LogP contribution in [0.1, 0.15) is 72.8 Å². The van der Waals surface area contributed by atoms with E-state index < -0.39 is 28.8 Å². The van der Waals surface area contributed by atoms with E-state index in [-0.39, 0.29) is 36.3 Å². The van der Waals surface area contributed by atoms with Crippen molar-refractivity contribution in [1.29, 1.82) is 0 Å². The minimum atomic E-state index is -0.766. The lowest BCUT2D eigenvalue weighted by Gasteiger charge is -2.35. The summed E-state index contributed by atoms with van der Waals surface area (Å²) in [7, 11) is 0. The normalized spacial score (nSPS) is 21.0. The monoisotopic (exact) mass is 494 g/mol. The summed E-state index contributed by atoms with van der Waals surface area (Å²) in [5.74, 6) is -1.96. The Balaban J connectivity index is 1.33. The van der Waals surface area contributed by atoms with E-state index in [9.17, 15) is 23.6 Å². The minimum absolute atomic E-state index is 0.0120. The highest BCUT2D eigenvalue weighted by Crippen LogP contribution is 2.34. The molecule has 2 aromatic rings. The van der Waals surface area contributed by atoms with Gasteiger partial charge in [0.2, 0.25) is 5.78 Å². The minimum Gasteiger partial charge on any atom is -0.332 e. The number of halogens is 1. The summed E-state index contributed by atoms with van der Waals surface area (Å²) in [5, 5.41) is 6.84.